The van der Waals surface area contributed by atoms with Crippen molar-refractivity contribution in [1.29, 1.82) is 0 Å². The van der Waals surface area contributed by atoms with Gasteiger partial charge in [0.05, 0.1) is 10.9 Å². The van der Waals surface area contributed by atoms with Crippen LogP contribution in [0.3, 0.4) is 0 Å². The van der Waals surface area contributed by atoms with Crippen LogP contribution in [-0.2, 0) is 9.59 Å². The van der Waals surface area contributed by atoms with Crippen LogP contribution >= 0.6 is 0 Å². The second kappa shape index (κ2) is 8.52. The lowest BCUT2D eigenvalue weighted by Gasteiger charge is -2.22. The fraction of sp³-hybridized carbons (Fsp3) is 0.227. The van der Waals surface area contributed by atoms with Crippen LogP contribution in [0.2, 0.25) is 0 Å². The van der Waals surface area contributed by atoms with E-state index in [1.807, 2.05) is 0 Å². The highest BCUT2D eigenvalue weighted by molar-refractivity contribution is 5.90. The molecule has 0 saturated carbocycles. The van der Waals surface area contributed by atoms with Crippen molar-refractivity contribution in [2.75, 3.05) is 0 Å². The molecule has 0 bridgehead atoms. The molecule has 3 rings (SSSR count). The van der Waals surface area contributed by atoms with E-state index >= 15 is 0 Å². The Morgan fingerprint density at radius 2 is 1.56 bits per heavy atom. The molecule has 1 unspecified atom stereocenters. The van der Waals surface area contributed by atoms with Crippen molar-refractivity contribution in [2.45, 2.75) is 31.4 Å². The standard InChI is InChI=1S/C22H15F5O5/c1-12(28)11-15(13-7-3-2-4-8-13)17-18(32-20(30)21(23,24)22(25,26)27)14-9-5-6-10-16(14)31-19(17)29/h2-10,15H,11H2,1H3. The summed E-state index contributed by atoms with van der Waals surface area (Å²) < 4.78 is 75.1. The number of para-hydroxylation sites is 1. The van der Waals surface area contributed by atoms with E-state index in [-0.39, 0.29) is 17.4 Å². The Morgan fingerprint density at radius 1 is 0.969 bits per heavy atom. The number of halogens is 5. The van der Waals surface area contributed by atoms with Gasteiger partial charge in [0, 0.05) is 12.3 Å². The first-order valence-electron chi connectivity index (χ1n) is 9.20. The summed E-state index contributed by atoms with van der Waals surface area (Å²) in [6.07, 6.45) is -6.54. The Hall–Kier alpha value is -3.56. The molecule has 0 N–H and O–H groups in total. The number of hydrogen-bond acceptors (Lipinski definition) is 5. The van der Waals surface area contributed by atoms with Gasteiger partial charge >= 0.3 is 23.7 Å². The smallest absolute Gasteiger partial charge is 0.422 e. The van der Waals surface area contributed by atoms with Gasteiger partial charge in [-0.05, 0) is 24.6 Å². The van der Waals surface area contributed by atoms with E-state index in [1.165, 1.54) is 43.3 Å². The molecule has 32 heavy (non-hydrogen) atoms. The first-order valence-corrected chi connectivity index (χ1v) is 9.20. The highest BCUT2D eigenvalue weighted by atomic mass is 19.4. The van der Waals surface area contributed by atoms with Crippen LogP contribution in [0.4, 0.5) is 22.0 Å². The maximum absolute atomic E-state index is 13.6. The summed E-state index contributed by atoms with van der Waals surface area (Å²) in [5.41, 5.74) is -1.49. The van der Waals surface area contributed by atoms with Gasteiger partial charge in [-0.3, -0.25) is 4.79 Å². The molecule has 3 aromatic rings. The summed E-state index contributed by atoms with van der Waals surface area (Å²) in [4.78, 5) is 36.6. The maximum atomic E-state index is 13.6. The number of alkyl halides is 5. The van der Waals surface area contributed by atoms with Gasteiger partial charge in [-0.15, -0.1) is 0 Å². The number of ketones is 1. The average Bonchev–Trinajstić information content (AvgIpc) is 2.72. The van der Waals surface area contributed by atoms with Gasteiger partial charge in [-0.25, -0.2) is 9.59 Å². The van der Waals surface area contributed by atoms with Crippen LogP contribution in [0.1, 0.15) is 30.4 Å². The second-order valence-corrected chi connectivity index (χ2v) is 6.96. The molecule has 1 atom stereocenters. The summed E-state index contributed by atoms with van der Waals surface area (Å²) in [5, 5.41) is -0.182. The zero-order chi connectivity index (χ0) is 23.7. The lowest BCUT2D eigenvalue weighted by Crippen LogP contribution is -2.46. The lowest BCUT2D eigenvalue weighted by atomic mass is 9.87. The molecule has 2 aromatic carbocycles. The number of carbonyl (C=O) groups is 2. The Bertz CT molecular complexity index is 1210. The molecule has 168 valence electrons. The highest BCUT2D eigenvalue weighted by Gasteiger charge is 2.65. The van der Waals surface area contributed by atoms with Crippen LogP contribution in [0.25, 0.3) is 11.0 Å². The first kappa shape index (κ1) is 23.1. The van der Waals surface area contributed by atoms with Gasteiger partial charge in [0.25, 0.3) is 0 Å². The summed E-state index contributed by atoms with van der Waals surface area (Å²) >= 11 is 0. The van der Waals surface area contributed by atoms with Crippen LogP contribution in [0.15, 0.2) is 63.8 Å². The molecular formula is C22H15F5O5. The van der Waals surface area contributed by atoms with Crippen LogP contribution in [-0.4, -0.2) is 23.9 Å². The van der Waals surface area contributed by atoms with Crippen LogP contribution in [0.5, 0.6) is 5.75 Å². The minimum atomic E-state index is -6.21. The minimum absolute atomic E-state index is 0.182. The van der Waals surface area contributed by atoms with Gasteiger partial charge in [0.15, 0.2) is 5.75 Å². The quantitative estimate of drug-likeness (QED) is 0.298. The van der Waals surface area contributed by atoms with Crippen molar-refractivity contribution in [3.05, 3.63) is 76.1 Å². The predicted octanol–water partition coefficient (Wildman–Crippen LogP) is 5.01. The van der Waals surface area contributed by atoms with Crippen molar-refractivity contribution < 1.29 is 40.7 Å². The molecule has 0 amide bonds. The third-order valence-electron chi connectivity index (χ3n) is 4.65. The monoisotopic (exact) mass is 454 g/mol. The zero-order valence-corrected chi connectivity index (χ0v) is 16.4. The highest BCUT2D eigenvalue weighted by Crippen LogP contribution is 2.41. The first-order chi connectivity index (χ1) is 14.9. The fourth-order valence-corrected chi connectivity index (χ4v) is 3.18. The Kier molecular flexibility index (Phi) is 6.16. The van der Waals surface area contributed by atoms with E-state index in [1.54, 1.807) is 18.2 Å². The van der Waals surface area contributed by atoms with E-state index < -0.39 is 46.7 Å². The summed E-state index contributed by atoms with van der Waals surface area (Å²) in [6.45, 7) is 1.21. The predicted molar refractivity (Wildman–Crippen MR) is 103 cm³/mol. The largest absolute Gasteiger partial charge is 0.465 e. The van der Waals surface area contributed by atoms with Gasteiger partial charge in [0.1, 0.15) is 11.4 Å². The molecule has 0 spiro atoms. The molecule has 5 nitrogen and oxygen atoms in total. The normalized spacial score (nSPS) is 13.1. The summed E-state index contributed by atoms with van der Waals surface area (Å²) in [6, 6.07) is 13.1. The molecule has 0 aliphatic rings. The Labute approximate surface area is 177 Å². The molecule has 0 fully saturated rings. The van der Waals surface area contributed by atoms with Crippen LogP contribution < -0.4 is 10.4 Å². The molecule has 0 aliphatic heterocycles. The molecule has 0 radical (unpaired) electrons. The van der Waals surface area contributed by atoms with Crippen LogP contribution in [0, 0.1) is 0 Å². The van der Waals surface area contributed by atoms with Gasteiger partial charge in [0.2, 0.25) is 0 Å². The number of rotatable bonds is 6. The fourth-order valence-electron chi connectivity index (χ4n) is 3.18. The number of carbonyl (C=O) groups excluding carboxylic acids is 2. The molecular weight excluding hydrogens is 439 g/mol. The third kappa shape index (κ3) is 4.39. The number of hydrogen-bond donors (Lipinski definition) is 0. The number of benzene rings is 2. The number of fused-ring (bicyclic) bond motifs is 1. The maximum Gasteiger partial charge on any atom is 0.465 e. The minimum Gasteiger partial charge on any atom is -0.422 e. The van der Waals surface area contributed by atoms with Gasteiger partial charge in [-0.2, -0.15) is 22.0 Å². The van der Waals surface area contributed by atoms with Gasteiger partial charge in [-0.1, -0.05) is 42.5 Å². The van der Waals surface area contributed by atoms with E-state index in [0.29, 0.717) is 5.56 Å². The number of Topliss-reactive ketones (excluding diaryl/α,β-unsaturated/α-hetero) is 1. The van der Waals surface area contributed by atoms with Crippen molar-refractivity contribution in [2.24, 2.45) is 0 Å². The van der Waals surface area contributed by atoms with Crippen molar-refractivity contribution >= 4 is 22.7 Å². The Morgan fingerprint density at radius 3 is 2.16 bits per heavy atom. The van der Waals surface area contributed by atoms with E-state index in [9.17, 15) is 36.3 Å². The van der Waals surface area contributed by atoms with E-state index in [2.05, 4.69) is 4.74 Å². The van der Waals surface area contributed by atoms with Crippen molar-refractivity contribution in [3.8, 4) is 5.75 Å². The third-order valence-corrected chi connectivity index (χ3v) is 4.65. The molecule has 10 heteroatoms. The lowest BCUT2D eigenvalue weighted by molar-refractivity contribution is -0.276. The molecule has 0 aliphatic carbocycles. The van der Waals surface area contributed by atoms with Crippen molar-refractivity contribution in [3.63, 3.8) is 0 Å². The molecule has 1 aromatic heterocycles. The second-order valence-electron chi connectivity index (χ2n) is 6.96. The number of esters is 1. The zero-order valence-electron chi connectivity index (χ0n) is 16.4. The summed E-state index contributed by atoms with van der Waals surface area (Å²) in [7, 11) is 0. The van der Waals surface area contributed by atoms with Crippen molar-refractivity contribution in [1.82, 2.24) is 0 Å². The summed E-state index contributed by atoms with van der Waals surface area (Å²) in [5.74, 6) is -11.1. The van der Waals surface area contributed by atoms with Gasteiger partial charge < -0.3 is 9.15 Å². The molecule has 1 heterocycles. The number of ether oxygens (including phenoxy) is 1. The Balaban J connectivity index is 2.28. The average molecular weight is 454 g/mol. The van der Waals surface area contributed by atoms with E-state index in [4.69, 9.17) is 4.42 Å². The topological polar surface area (TPSA) is 73.6 Å². The van der Waals surface area contributed by atoms with E-state index in [0.717, 1.165) is 0 Å². The molecule has 0 saturated heterocycles. The SMILES string of the molecule is CC(=O)CC(c1ccccc1)c1c(OC(=O)C(F)(F)C(F)(F)F)c2ccccc2oc1=O.